The second-order valence-corrected chi connectivity index (χ2v) is 6.99. The lowest BCUT2D eigenvalue weighted by atomic mass is 10.2. The molecule has 5 rings (SSSR count). The Labute approximate surface area is 172 Å². The van der Waals surface area contributed by atoms with Crippen LogP contribution in [-0.4, -0.2) is 48.2 Å². The molecule has 4 aromatic rings. The van der Waals surface area contributed by atoms with Gasteiger partial charge in [0.05, 0.1) is 30.5 Å². The van der Waals surface area contributed by atoms with Gasteiger partial charge in [0.15, 0.2) is 5.65 Å². The average Bonchev–Trinajstić information content (AvgIpc) is 3.27. The Balaban J connectivity index is 1.67. The number of nitrogens with zero attached hydrogens (tertiary/aromatic N) is 7. The molecule has 4 aromatic heterocycles. The molecule has 0 spiro atoms. The molecule has 0 saturated carbocycles. The van der Waals surface area contributed by atoms with Gasteiger partial charge >= 0.3 is 0 Å². The van der Waals surface area contributed by atoms with E-state index in [9.17, 15) is 0 Å². The molecule has 5 heterocycles. The van der Waals surface area contributed by atoms with E-state index in [1.807, 2.05) is 34.6 Å². The summed E-state index contributed by atoms with van der Waals surface area (Å²) >= 11 is 0. The third-order valence-corrected chi connectivity index (χ3v) is 5.12. The molecular formula is C20H22N8O2. The van der Waals surface area contributed by atoms with E-state index in [1.165, 1.54) is 0 Å². The second-order valence-electron chi connectivity index (χ2n) is 6.99. The van der Waals surface area contributed by atoms with Gasteiger partial charge in [-0.05, 0) is 25.5 Å². The van der Waals surface area contributed by atoms with Crippen LogP contribution in [0.3, 0.4) is 0 Å². The van der Waals surface area contributed by atoms with Gasteiger partial charge in [0.25, 0.3) is 5.88 Å². The summed E-state index contributed by atoms with van der Waals surface area (Å²) in [7, 11) is 1.59. The van der Waals surface area contributed by atoms with Crippen molar-refractivity contribution in [3.63, 3.8) is 0 Å². The van der Waals surface area contributed by atoms with Crippen molar-refractivity contribution < 1.29 is 9.47 Å². The van der Waals surface area contributed by atoms with Crippen molar-refractivity contribution in [3.05, 3.63) is 35.9 Å². The van der Waals surface area contributed by atoms with Crippen LogP contribution in [0, 0.1) is 6.92 Å². The van der Waals surface area contributed by atoms with Crippen LogP contribution in [0.1, 0.15) is 24.7 Å². The average molecular weight is 406 g/mol. The minimum atomic E-state index is 0.475. The maximum Gasteiger partial charge on any atom is 0.257 e. The van der Waals surface area contributed by atoms with Crippen LogP contribution >= 0.6 is 0 Å². The number of aryl methyl sites for hydroxylation is 2. The summed E-state index contributed by atoms with van der Waals surface area (Å²) in [5.41, 5.74) is 4.14. The number of ether oxygens (including phenoxy) is 2. The largest absolute Gasteiger partial charge is 0.479 e. The summed E-state index contributed by atoms with van der Waals surface area (Å²) in [5.74, 6) is 1.46. The Morgan fingerprint density at radius 3 is 3.00 bits per heavy atom. The number of nitrogens with one attached hydrogen (secondary N) is 1. The lowest BCUT2D eigenvalue weighted by molar-refractivity contribution is 0.288. The van der Waals surface area contributed by atoms with Crippen molar-refractivity contribution in [2.24, 2.45) is 0 Å². The number of rotatable bonds is 3. The molecule has 0 aliphatic carbocycles. The molecule has 0 aromatic carbocycles. The summed E-state index contributed by atoms with van der Waals surface area (Å²) in [4.78, 5) is 13.5. The highest BCUT2D eigenvalue weighted by Gasteiger charge is 2.23. The Kier molecular flexibility index (Phi) is 4.46. The maximum atomic E-state index is 6.07. The number of hydrogen-bond acceptors (Lipinski definition) is 8. The molecule has 0 radical (unpaired) electrons. The van der Waals surface area contributed by atoms with Gasteiger partial charge in [-0.25, -0.2) is 19.3 Å². The standard InChI is InChI=1S/C20H22N8O2/c1-4-14-16-19(26-28(14)15-7-5-8-21-18(15)29-3)30-10-6-9-27-17-13(12(2)25-27)11-22-20(23-16)24-17/h5,7-8,11H,4,6,9-10H2,1-3H3,(H,22,23,24). The first-order chi connectivity index (χ1) is 14.7. The molecule has 10 heteroatoms. The number of aromatic nitrogens is 7. The highest BCUT2D eigenvalue weighted by molar-refractivity contribution is 5.79. The van der Waals surface area contributed by atoms with Crippen LogP contribution in [-0.2, 0) is 13.0 Å². The van der Waals surface area contributed by atoms with E-state index in [2.05, 4.69) is 27.3 Å². The lowest BCUT2D eigenvalue weighted by Crippen LogP contribution is -2.08. The molecule has 0 unspecified atom stereocenters. The van der Waals surface area contributed by atoms with Crippen molar-refractivity contribution in [1.29, 1.82) is 0 Å². The fourth-order valence-electron chi connectivity index (χ4n) is 3.70. The Hall–Kier alpha value is -3.69. The van der Waals surface area contributed by atoms with Gasteiger partial charge in [-0.3, -0.25) is 0 Å². The zero-order valence-corrected chi connectivity index (χ0v) is 17.1. The monoisotopic (exact) mass is 406 g/mol. The van der Waals surface area contributed by atoms with E-state index in [1.54, 1.807) is 13.3 Å². The fourth-order valence-corrected chi connectivity index (χ4v) is 3.70. The van der Waals surface area contributed by atoms with Gasteiger partial charge in [-0.15, -0.1) is 5.10 Å². The molecule has 1 aliphatic rings. The zero-order chi connectivity index (χ0) is 20.7. The highest BCUT2D eigenvalue weighted by atomic mass is 16.5. The first kappa shape index (κ1) is 18.3. The number of hydrogen-bond donors (Lipinski definition) is 1. The Morgan fingerprint density at radius 1 is 1.27 bits per heavy atom. The van der Waals surface area contributed by atoms with Crippen LogP contribution < -0.4 is 14.8 Å². The fraction of sp³-hybridized carbons (Fsp3) is 0.350. The highest BCUT2D eigenvalue weighted by Crippen LogP contribution is 2.35. The molecule has 10 nitrogen and oxygen atoms in total. The van der Waals surface area contributed by atoms with Gasteiger partial charge in [0, 0.05) is 25.4 Å². The molecule has 0 atom stereocenters. The van der Waals surface area contributed by atoms with Crippen LogP contribution in [0.2, 0.25) is 0 Å². The molecule has 1 aliphatic heterocycles. The van der Waals surface area contributed by atoms with E-state index < -0.39 is 0 Å². The van der Waals surface area contributed by atoms with Crippen molar-refractivity contribution in [3.8, 4) is 17.4 Å². The number of methoxy groups -OCH3 is 1. The first-order valence-electron chi connectivity index (χ1n) is 9.90. The third kappa shape index (κ3) is 2.92. The van der Waals surface area contributed by atoms with Crippen LogP contribution in [0.4, 0.5) is 11.6 Å². The summed E-state index contributed by atoms with van der Waals surface area (Å²) in [6.45, 7) is 5.24. The molecule has 0 saturated heterocycles. The van der Waals surface area contributed by atoms with Gasteiger partial charge in [0.2, 0.25) is 11.8 Å². The number of anilines is 2. The first-order valence-corrected chi connectivity index (χ1v) is 9.90. The van der Waals surface area contributed by atoms with Crippen LogP contribution in [0.25, 0.3) is 16.7 Å². The molecule has 154 valence electrons. The molecular weight excluding hydrogens is 384 g/mol. The summed E-state index contributed by atoms with van der Waals surface area (Å²) in [6, 6.07) is 3.77. The minimum Gasteiger partial charge on any atom is -0.479 e. The predicted molar refractivity (Wildman–Crippen MR) is 111 cm³/mol. The van der Waals surface area contributed by atoms with E-state index in [-0.39, 0.29) is 0 Å². The molecule has 1 N–H and O–H groups in total. The molecule has 2 bridgehead atoms. The maximum absolute atomic E-state index is 6.07. The van der Waals surface area contributed by atoms with Crippen molar-refractivity contribution in [2.75, 3.05) is 19.0 Å². The van der Waals surface area contributed by atoms with E-state index >= 15 is 0 Å². The molecule has 0 amide bonds. The lowest BCUT2D eigenvalue weighted by Gasteiger charge is -2.10. The topological polar surface area (TPSA) is 105 Å². The SMILES string of the molecule is CCc1c2c(nn1-c1cccnc1OC)OCCCn1nc(C)c3cnc(nc31)N2. The third-order valence-electron chi connectivity index (χ3n) is 5.12. The van der Waals surface area contributed by atoms with Crippen molar-refractivity contribution >= 4 is 22.7 Å². The van der Waals surface area contributed by atoms with Crippen LogP contribution in [0.15, 0.2) is 24.5 Å². The van der Waals surface area contributed by atoms with E-state index in [0.717, 1.165) is 40.2 Å². The van der Waals surface area contributed by atoms with Gasteiger partial charge in [-0.2, -0.15) is 10.1 Å². The number of pyridine rings is 1. The zero-order valence-electron chi connectivity index (χ0n) is 17.1. The summed E-state index contributed by atoms with van der Waals surface area (Å²) < 4.78 is 15.2. The van der Waals surface area contributed by atoms with E-state index in [4.69, 9.17) is 19.6 Å². The summed E-state index contributed by atoms with van der Waals surface area (Å²) in [5, 5.41) is 13.6. The summed E-state index contributed by atoms with van der Waals surface area (Å²) in [6.07, 6.45) is 4.98. The van der Waals surface area contributed by atoms with Gasteiger partial charge in [0.1, 0.15) is 11.4 Å². The van der Waals surface area contributed by atoms with Crippen LogP contribution in [0.5, 0.6) is 11.8 Å². The van der Waals surface area contributed by atoms with Crippen molar-refractivity contribution in [1.82, 2.24) is 34.5 Å². The Bertz CT molecular complexity index is 1230. The number of fused-ring (bicyclic) bond motifs is 2. The predicted octanol–water partition coefficient (Wildman–Crippen LogP) is 2.81. The van der Waals surface area contributed by atoms with Gasteiger partial charge < -0.3 is 14.8 Å². The second kappa shape index (κ2) is 7.29. The molecule has 0 fully saturated rings. The normalized spacial score (nSPS) is 13.4. The smallest absolute Gasteiger partial charge is 0.257 e. The van der Waals surface area contributed by atoms with Gasteiger partial charge in [-0.1, -0.05) is 6.92 Å². The van der Waals surface area contributed by atoms with E-state index in [0.29, 0.717) is 37.3 Å². The quantitative estimate of drug-likeness (QED) is 0.554. The Morgan fingerprint density at radius 2 is 2.17 bits per heavy atom. The van der Waals surface area contributed by atoms with Crippen molar-refractivity contribution in [2.45, 2.75) is 33.2 Å². The minimum absolute atomic E-state index is 0.475. The molecule has 30 heavy (non-hydrogen) atoms.